The van der Waals surface area contributed by atoms with Crippen LogP contribution in [0, 0.1) is 5.92 Å². The van der Waals surface area contributed by atoms with E-state index >= 15 is 0 Å². The highest BCUT2D eigenvalue weighted by atomic mass is 15.1. The van der Waals surface area contributed by atoms with Crippen molar-refractivity contribution in [1.82, 2.24) is 4.90 Å². The molecule has 1 fully saturated rings. The van der Waals surface area contributed by atoms with Crippen molar-refractivity contribution in [2.45, 2.75) is 52.0 Å². The molecule has 2 heteroatoms. The monoisotopic (exact) mass is 274 g/mol. The number of hydrogen-bond donors (Lipinski definition) is 1. The van der Waals surface area contributed by atoms with Gasteiger partial charge in [-0.25, -0.2) is 0 Å². The second-order valence-corrected chi connectivity index (χ2v) is 6.17. The van der Waals surface area contributed by atoms with Gasteiger partial charge in [-0.05, 0) is 62.4 Å². The van der Waals surface area contributed by atoms with Gasteiger partial charge in [0.25, 0.3) is 0 Å². The van der Waals surface area contributed by atoms with E-state index in [9.17, 15) is 0 Å². The lowest BCUT2D eigenvalue weighted by Gasteiger charge is -2.22. The van der Waals surface area contributed by atoms with E-state index < -0.39 is 0 Å². The lowest BCUT2D eigenvalue weighted by molar-refractivity contribution is 0.270. The largest absolute Gasteiger partial charge is 0.330 e. The number of rotatable bonds is 6. The molecule has 1 aliphatic rings. The van der Waals surface area contributed by atoms with Gasteiger partial charge >= 0.3 is 0 Å². The predicted octanol–water partition coefficient (Wildman–Crippen LogP) is 3.59. The summed E-state index contributed by atoms with van der Waals surface area (Å²) < 4.78 is 0. The Labute approximate surface area is 124 Å². The zero-order valence-corrected chi connectivity index (χ0v) is 13.0. The van der Waals surface area contributed by atoms with E-state index in [2.05, 4.69) is 36.1 Å². The molecule has 1 aliphatic heterocycles. The Bertz CT molecular complexity index is 389. The molecular formula is C18H30N2. The van der Waals surface area contributed by atoms with Crippen molar-refractivity contribution < 1.29 is 0 Å². The van der Waals surface area contributed by atoms with Gasteiger partial charge in [0.2, 0.25) is 0 Å². The van der Waals surface area contributed by atoms with Gasteiger partial charge in [0.05, 0.1) is 0 Å². The van der Waals surface area contributed by atoms with E-state index in [1.165, 1.54) is 56.3 Å². The summed E-state index contributed by atoms with van der Waals surface area (Å²) in [6.07, 6.45) is 7.93. The maximum Gasteiger partial charge on any atom is 0.0236 e. The summed E-state index contributed by atoms with van der Waals surface area (Å²) in [6, 6.07) is 8.81. The molecule has 20 heavy (non-hydrogen) atoms. The van der Waals surface area contributed by atoms with E-state index in [-0.39, 0.29) is 0 Å². The molecule has 0 aliphatic carbocycles. The average Bonchev–Trinajstić information content (AvgIpc) is 2.68. The standard InChI is InChI=1S/C18H30N2/c1-2-6-16-7-5-13-20(14-11-16)15-18-9-4-3-8-17(18)10-12-19/h3-4,8-9,16H,2,5-7,10-15,19H2,1H3. The van der Waals surface area contributed by atoms with Crippen molar-refractivity contribution >= 4 is 0 Å². The first kappa shape index (κ1) is 15.5. The fourth-order valence-electron chi connectivity index (χ4n) is 3.43. The topological polar surface area (TPSA) is 29.3 Å². The first-order valence-electron chi connectivity index (χ1n) is 8.32. The Morgan fingerprint density at radius 1 is 1.15 bits per heavy atom. The van der Waals surface area contributed by atoms with Gasteiger partial charge in [0.15, 0.2) is 0 Å². The fraction of sp³-hybridized carbons (Fsp3) is 0.667. The third-order valence-corrected chi connectivity index (χ3v) is 4.56. The Balaban J connectivity index is 1.93. The van der Waals surface area contributed by atoms with Crippen molar-refractivity contribution in [1.29, 1.82) is 0 Å². The second kappa shape index (κ2) is 8.43. The van der Waals surface area contributed by atoms with Gasteiger partial charge < -0.3 is 5.73 Å². The van der Waals surface area contributed by atoms with Crippen LogP contribution in [0.15, 0.2) is 24.3 Å². The first-order chi connectivity index (χ1) is 9.83. The van der Waals surface area contributed by atoms with Gasteiger partial charge in [-0.2, -0.15) is 0 Å². The fourth-order valence-corrected chi connectivity index (χ4v) is 3.43. The van der Waals surface area contributed by atoms with Crippen LogP contribution in [-0.2, 0) is 13.0 Å². The molecule has 0 radical (unpaired) electrons. The maximum atomic E-state index is 5.73. The summed E-state index contributed by atoms with van der Waals surface area (Å²) >= 11 is 0. The normalized spacial score (nSPS) is 20.8. The van der Waals surface area contributed by atoms with Crippen LogP contribution >= 0.6 is 0 Å². The van der Waals surface area contributed by atoms with E-state index in [0.29, 0.717) is 0 Å². The minimum Gasteiger partial charge on any atom is -0.330 e. The van der Waals surface area contributed by atoms with Crippen molar-refractivity contribution in [2.24, 2.45) is 11.7 Å². The van der Waals surface area contributed by atoms with E-state index in [1.807, 2.05) is 0 Å². The van der Waals surface area contributed by atoms with Gasteiger partial charge in [-0.15, -0.1) is 0 Å². The lowest BCUT2D eigenvalue weighted by atomic mass is 9.96. The molecule has 0 amide bonds. The Morgan fingerprint density at radius 3 is 2.70 bits per heavy atom. The molecule has 1 atom stereocenters. The molecule has 0 aromatic heterocycles. The quantitative estimate of drug-likeness (QED) is 0.859. The summed E-state index contributed by atoms with van der Waals surface area (Å²) in [5.41, 5.74) is 8.64. The molecule has 2 nitrogen and oxygen atoms in total. The number of likely N-dealkylation sites (tertiary alicyclic amines) is 1. The maximum absolute atomic E-state index is 5.73. The van der Waals surface area contributed by atoms with Gasteiger partial charge in [0, 0.05) is 6.54 Å². The first-order valence-corrected chi connectivity index (χ1v) is 8.32. The van der Waals surface area contributed by atoms with Crippen LogP contribution in [-0.4, -0.2) is 24.5 Å². The zero-order chi connectivity index (χ0) is 14.2. The molecule has 2 N–H and O–H groups in total. The van der Waals surface area contributed by atoms with Crippen LogP contribution in [0.3, 0.4) is 0 Å². The van der Waals surface area contributed by atoms with E-state index in [0.717, 1.165) is 25.4 Å². The summed E-state index contributed by atoms with van der Waals surface area (Å²) in [4.78, 5) is 2.64. The number of benzene rings is 1. The highest BCUT2D eigenvalue weighted by Crippen LogP contribution is 2.23. The summed E-state index contributed by atoms with van der Waals surface area (Å²) in [7, 11) is 0. The minimum absolute atomic E-state index is 0.746. The van der Waals surface area contributed by atoms with Crippen LogP contribution < -0.4 is 5.73 Å². The SMILES string of the molecule is CCCC1CCCN(Cc2ccccc2CCN)CC1. The van der Waals surface area contributed by atoms with Gasteiger partial charge in [-0.3, -0.25) is 4.90 Å². The van der Waals surface area contributed by atoms with Gasteiger partial charge in [0.1, 0.15) is 0 Å². The Hall–Kier alpha value is -0.860. The second-order valence-electron chi connectivity index (χ2n) is 6.17. The molecule has 0 bridgehead atoms. The third-order valence-electron chi connectivity index (χ3n) is 4.56. The third kappa shape index (κ3) is 4.60. The number of hydrogen-bond acceptors (Lipinski definition) is 2. The van der Waals surface area contributed by atoms with Gasteiger partial charge in [-0.1, -0.05) is 44.0 Å². The van der Waals surface area contributed by atoms with Crippen LogP contribution in [0.1, 0.15) is 50.2 Å². The molecular weight excluding hydrogens is 244 g/mol. The highest BCUT2D eigenvalue weighted by molar-refractivity contribution is 5.27. The van der Waals surface area contributed by atoms with Crippen LogP contribution in [0.5, 0.6) is 0 Å². The smallest absolute Gasteiger partial charge is 0.0236 e. The van der Waals surface area contributed by atoms with Crippen molar-refractivity contribution in [3.63, 3.8) is 0 Å². The van der Waals surface area contributed by atoms with Crippen LogP contribution in [0.25, 0.3) is 0 Å². The predicted molar refractivity (Wildman–Crippen MR) is 86.7 cm³/mol. The van der Waals surface area contributed by atoms with Crippen molar-refractivity contribution in [3.05, 3.63) is 35.4 Å². The van der Waals surface area contributed by atoms with E-state index in [4.69, 9.17) is 5.73 Å². The summed E-state index contributed by atoms with van der Waals surface area (Å²) in [5.74, 6) is 0.962. The minimum atomic E-state index is 0.746. The van der Waals surface area contributed by atoms with Crippen LogP contribution in [0.4, 0.5) is 0 Å². The van der Waals surface area contributed by atoms with E-state index in [1.54, 1.807) is 0 Å². The molecule has 1 aromatic carbocycles. The molecule has 2 rings (SSSR count). The molecule has 1 heterocycles. The van der Waals surface area contributed by atoms with Crippen molar-refractivity contribution in [2.75, 3.05) is 19.6 Å². The number of nitrogens with zero attached hydrogens (tertiary/aromatic N) is 1. The Kier molecular flexibility index (Phi) is 6.55. The van der Waals surface area contributed by atoms with Crippen molar-refractivity contribution in [3.8, 4) is 0 Å². The average molecular weight is 274 g/mol. The molecule has 1 saturated heterocycles. The number of nitrogens with two attached hydrogens (primary N) is 1. The lowest BCUT2D eigenvalue weighted by Crippen LogP contribution is -2.25. The Morgan fingerprint density at radius 2 is 1.95 bits per heavy atom. The summed E-state index contributed by atoms with van der Waals surface area (Å²) in [6.45, 7) is 6.69. The highest BCUT2D eigenvalue weighted by Gasteiger charge is 2.17. The summed E-state index contributed by atoms with van der Waals surface area (Å²) in [5, 5.41) is 0. The molecule has 0 saturated carbocycles. The zero-order valence-electron chi connectivity index (χ0n) is 13.0. The molecule has 112 valence electrons. The molecule has 0 spiro atoms. The molecule has 1 unspecified atom stereocenters. The van der Waals surface area contributed by atoms with Crippen LogP contribution in [0.2, 0.25) is 0 Å². The molecule has 1 aromatic rings.